The van der Waals surface area contributed by atoms with E-state index in [1.54, 1.807) is 18.5 Å². The Labute approximate surface area is 144 Å². The molecule has 4 heterocycles. The fraction of sp³-hybridized carbons (Fsp3) is 0.412. The number of hydrogen-bond acceptors (Lipinski definition) is 6. The first kappa shape index (κ1) is 14.4. The number of amides is 1. The van der Waals surface area contributed by atoms with E-state index in [-0.39, 0.29) is 5.91 Å². The van der Waals surface area contributed by atoms with Crippen molar-refractivity contribution in [2.45, 2.75) is 19.3 Å². The molecule has 0 N–H and O–H groups in total. The van der Waals surface area contributed by atoms with Crippen LogP contribution in [0.3, 0.4) is 0 Å². The van der Waals surface area contributed by atoms with Crippen molar-refractivity contribution in [3.8, 4) is 0 Å². The van der Waals surface area contributed by atoms with Crippen molar-refractivity contribution >= 4 is 17.5 Å². The standard InChI is InChI=1S/C17H18N6O2/c24-16(14-5-2-10-25-14)22-8-6-21(7-9-22)15-12-3-1-4-13(12)20-17-18-11-19-23(15)17/h2,5,10-11H,1,3-4,6-9H2. The number of piperazine rings is 1. The molecule has 128 valence electrons. The molecule has 0 bridgehead atoms. The maximum atomic E-state index is 12.4. The van der Waals surface area contributed by atoms with Gasteiger partial charge < -0.3 is 14.2 Å². The lowest BCUT2D eigenvalue weighted by Crippen LogP contribution is -2.49. The SMILES string of the molecule is O=C(c1ccco1)N1CCN(c2c3c(nc4ncnn24)CCC3)CC1. The molecule has 0 saturated carbocycles. The Hall–Kier alpha value is -2.90. The minimum Gasteiger partial charge on any atom is -0.459 e. The van der Waals surface area contributed by atoms with E-state index in [1.807, 2.05) is 9.42 Å². The van der Waals surface area contributed by atoms with Gasteiger partial charge in [-0.25, -0.2) is 4.98 Å². The molecule has 1 aliphatic carbocycles. The Bertz CT molecular complexity index is 924. The second kappa shape index (κ2) is 5.58. The van der Waals surface area contributed by atoms with Gasteiger partial charge in [-0.05, 0) is 31.4 Å². The second-order valence-electron chi connectivity index (χ2n) is 6.44. The summed E-state index contributed by atoms with van der Waals surface area (Å²) in [5.41, 5.74) is 2.42. The van der Waals surface area contributed by atoms with E-state index in [2.05, 4.69) is 20.0 Å². The maximum absolute atomic E-state index is 12.4. The summed E-state index contributed by atoms with van der Waals surface area (Å²) in [5, 5.41) is 4.37. The number of fused-ring (bicyclic) bond motifs is 2. The average molecular weight is 338 g/mol. The van der Waals surface area contributed by atoms with Crippen LogP contribution in [0.1, 0.15) is 28.2 Å². The van der Waals surface area contributed by atoms with Gasteiger partial charge in [0.2, 0.25) is 0 Å². The van der Waals surface area contributed by atoms with Crippen LogP contribution in [-0.2, 0) is 12.8 Å². The molecule has 1 aliphatic heterocycles. The zero-order valence-corrected chi connectivity index (χ0v) is 13.8. The van der Waals surface area contributed by atoms with Crippen molar-refractivity contribution in [2.24, 2.45) is 0 Å². The molecule has 0 spiro atoms. The summed E-state index contributed by atoms with van der Waals surface area (Å²) in [7, 11) is 0. The van der Waals surface area contributed by atoms with Gasteiger partial charge in [0, 0.05) is 31.7 Å². The van der Waals surface area contributed by atoms with Crippen LogP contribution in [0.2, 0.25) is 0 Å². The van der Waals surface area contributed by atoms with Crippen molar-refractivity contribution in [3.05, 3.63) is 41.7 Å². The molecule has 0 aromatic carbocycles. The van der Waals surface area contributed by atoms with Gasteiger partial charge >= 0.3 is 0 Å². The number of aromatic nitrogens is 4. The highest BCUT2D eigenvalue weighted by Gasteiger charge is 2.29. The first-order valence-electron chi connectivity index (χ1n) is 8.60. The predicted molar refractivity (Wildman–Crippen MR) is 89.6 cm³/mol. The third-order valence-electron chi connectivity index (χ3n) is 5.02. The lowest BCUT2D eigenvalue weighted by atomic mass is 10.2. The Morgan fingerprint density at radius 1 is 1.16 bits per heavy atom. The van der Waals surface area contributed by atoms with Crippen molar-refractivity contribution < 1.29 is 9.21 Å². The molecule has 1 amide bonds. The molecule has 1 saturated heterocycles. The normalized spacial score (nSPS) is 17.3. The second-order valence-corrected chi connectivity index (χ2v) is 6.44. The van der Waals surface area contributed by atoms with Crippen molar-refractivity contribution in [1.82, 2.24) is 24.5 Å². The van der Waals surface area contributed by atoms with Gasteiger partial charge in [-0.15, -0.1) is 0 Å². The zero-order chi connectivity index (χ0) is 16.8. The van der Waals surface area contributed by atoms with Gasteiger partial charge in [0.25, 0.3) is 11.7 Å². The van der Waals surface area contributed by atoms with Crippen LogP contribution in [-0.4, -0.2) is 56.6 Å². The number of hydrogen-bond donors (Lipinski definition) is 0. The Morgan fingerprint density at radius 3 is 2.84 bits per heavy atom. The number of nitrogens with zero attached hydrogens (tertiary/aromatic N) is 6. The Balaban J connectivity index is 1.42. The fourth-order valence-corrected chi connectivity index (χ4v) is 3.80. The van der Waals surface area contributed by atoms with E-state index in [1.165, 1.54) is 11.8 Å². The van der Waals surface area contributed by atoms with Crippen LogP contribution >= 0.6 is 0 Å². The molecule has 0 radical (unpaired) electrons. The number of aryl methyl sites for hydroxylation is 1. The summed E-state index contributed by atoms with van der Waals surface area (Å²) in [6.45, 7) is 2.84. The number of anilines is 1. The smallest absolute Gasteiger partial charge is 0.289 e. The van der Waals surface area contributed by atoms with Gasteiger partial charge in [0.1, 0.15) is 12.1 Å². The molecule has 25 heavy (non-hydrogen) atoms. The van der Waals surface area contributed by atoms with E-state index in [0.29, 0.717) is 24.6 Å². The van der Waals surface area contributed by atoms with Gasteiger partial charge in [0.15, 0.2) is 5.76 Å². The zero-order valence-electron chi connectivity index (χ0n) is 13.8. The molecule has 3 aromatic heterocycles. The van der Waals surface area contributed by atoms with Crippen LogP contribution in [0, 0.1) is 0 Å². The topological polar surface area (TPSA) is 79.8 Å². The average Bonchev–Trinajstić information content (AvgIpc) is 3.39. The molecule has 0 unspecified atom stereocenters. The Morgan fingerprint density at radius 2 is 2.04 bits per heavy atom. The summed E-state index contributed by atoms with van der Waals surface area (Å²) >= 11 is 0. The highest BCUT2D eigenvalue weighted by atomic mass is 16.3. The highest BCUT2D eigenvalue weighted by Crippen LogP contribution is 2.31. The van der Waals surface area contributed by atoms with Crippen molar-refractivity contribution in [2.75, 3.05) is 31.1 Å². The lowest BCUT2D eigenvalue weighted by molar-refractivity contribution is 0.0714. The molecule has 1 fully saturated rings. The fourth-order valence-electron chi connectivity index (χ4n) is 3.80. The largest absolute Gasteiger partial charge is 0.459 e. The molecule has 3 aromatic rings. The molecular weight excluding hydrogens is 320 g/mol. The van der Waals surface area contributed by atoms with Crippen molar-refractivity contribution in [3.63, 3.8) is 0 Å². The molecule has 8 heteroatoms. The molecule has 2 aliphatic rings. The van der Waals surface area contributed by atoms with Gasteiger partial charge in [0.05, 0.1) is 12.0 Å². The number of carbonyl (C=O) groups excluding carboxylic acids is 1. The maximum Gasteiger partial charge on any atom is 0.289 e. The van der Waals surface area contributed by atoms with E-state index < -0.39 is 0 Å². The first-order chi connectivity index (χ1) is 12.3. The summed E-state index contributed by atoms with van der Waals surface area (Å²) in [4.78, 5) is 25.5. The van der Waals surface area contributed by atoms with Crippen LogP contribution in [0.15, 0.2) is 29.1 Å². The summed E-state index contributed by atoms with van der Waals surface area (Å²) < 4.78 is 7.07. The van der Waals surface area contributed by atoms with Crippen LogP contribution < -0.4 is 4.90 Å². The number of carbonyl (C=O) groups is 1. The van der Waals surface area contributed by atoms with E-state index in [9.17, 15) is 4.79 Å². The molecule has 8 nitrogen and oxygen atoms in total. The molecular formula is C17H18N6O2. The third kappa shape index (κ3) is 2.28. The van der Waals surface area contributed by atoms with Gasteiger partial charge in [-0.2, -0.15) is 14.6 Å². The van der Waals surface area contributed by atoms with Crippen LogP contribution in [0.4, 0.5) is 5.82 Å². The van der Waals surface area contributed by atoms with Crippen LogP contribution in [0.25, 0.3) is 5.78 Å². The summed E-state index contributed by atoms with van der Waals surface area (Å²) in [6.07, 6.45) is 6.24. The van der Waals surface area contributed by atoms with E-state index in [0.717, 1.165) is 43.9 Å². The van der Waals surface area contributed by atoms with E-state index >= 15 is 0 Å². The van der Waals surface area contributed by atoms with Gasteiger partial charge in [-0.3, -0.25) is 4.79 Å². The minimum absolute atomic E-state index is 0.0458. The Kier molecular flexibility index (Phi) is 3.22. The number of rotatable bonds is 2. The summed E-state index contributed by atoms with van der Waals surface area (Å²) in [5.74, 6) is 2.11. The summed E-state index contributed by atoms with van der Waals surface area (Å²) in [6, 6.07) is 3.45. The minimum atomic E-state index is -0.0458. The third-order valence-corrected chi connectivity index (χ3v) is 5.02. The monoisotopic (exact) mass is 338 g/mol. The molecule has 0 atom stereocenters. The first-order valence-corrected chi connectivity index (χ1v) is 8.60. The quantitative estimate of drug-likeness (QED) is 0.698. The van der Waals surface area contributed by atoms with Gasteiger partial charge in [-0.1, -0.05) is 0 Å². The number of furan rings is 1. The van der Waals surface area contributed by atoms with E-state index in [4.69, 9.17) is 4.42 Å². The highest BCUT2D eigenvalue weighted by molar-refractivity contribution is 5.91. The van der Waals surface area contributed by atoms with Crippen LogP contribution in [0.5, 0.6) is 0 Å². The predicted octanol–water partition coefficient (Wildman–Crippen LogP) is 1.17. The lowest BCUT2D eigenvalue weighted by Gasteiger charge is -2.36. The molecule has 5 rings (SSSR count). The van der Waals surface area contributed by atoms with Crippen molar-refractivity contribution in [1.29, 1.82) is 0 Å².